The first-order valence-corrected chi connectivity index (χ1v) is 11.5. The average Bonchev–Trinajstić information content (AvgIpc) is 3.03. The number of hydrogen-bond donors (Lipinski definition) is 0. The minimum atomic E-state index is -3.46. The van der Waals surface area contributed by atoms with E-state index in [-0.39, 0.29) is 4.90 Å². The normalized spacial score (nSPS) is 17.0. The van der Waals surface area contributed by atoms with Gasteiger partial charge in [-0.3, -0.25) is 4.90 Å². The van der Waals surface area contributed by atoms with Crippen molar-refractivity contribution in [3.05, 3.63) is 24.0 Å². The van der Waals surface area contributed by atoms with E-state index in [1.54, 1.807) is 26.2 Å². The highest BCUT2D eigenvalue weighted by Crippen LogP contribution is 2.24. The van der Waals surface area contributed by atoms with Crippen molar-refractivity contribution in [2.75, 3.05) is 40.4 Å². The molecule has 0 spiro atoms. The molecule has 2 heterocycles. The van der Waals surface area contributed by atoms with Crippen LogP contribution in [0.25, 0.3) is 11.0 Å². The summed E-state index contributed by atoms with van der Waals surface area (Å²) < 4.78 is 33.9. The quantitative estimate of drug-likeness (QED) is 0.672. The number of rotatable bonds is 8. The van der Waals surface area contributed by atoms with Gasteiger partial charge in [-0.15, -0.1) is 0 Å². The van der Waals surface area contributed by atoms with E-state index in [4.69, 9.17) is 9.72 Å². The predicted molar refractivity (Wildman–Crippen MR) is 111 cm³/mol. The van der Waals surface area contributed by atoms with Crippen molar-refractivity contribution in [1.29, 1.82) is 0 Å². The van der Waals surface area contributed by atoms with Gasteiger partial charge in [0.05, 0.1) is 22.5 Å². The summed E-state index contributed by atoms with van der Waals surface area (Å²) in [5, 5.41) is 0. The number of imidazole rings is 1. The minimum Gasteiger partial charge on any atom is -0.381 e. The van der Waals surface area contributed by atoms with E-state index in [0.717, 1.165) is 69.1 Å². The number of piperidine rings is 1. The Kier molecular flexibility index (Phi) is 6.75. The van der Waals surface area contributed by atoms with Crippen LogP contribution < -0.4 is 0 Å². The Morgan fingerprint density at radius 1 is 1.21 bits per heavy atom. The van der Waals surface area contributed by atoms with Crippen LogP contribution in [0.5, 0.6) is 0 Å². The summed E-state index contributed by atoms with van der Waals surface area (Å²) in [4.78, 5) is 7.52. The van der Waals surface area contributed by atoms with E-state index in [2.05, 4.69) is 16.4 Å². The lowest BCUT2D eigenvalue weighted by atomic mass is 9.98. The number of nitrogens with zero attached hydrogens (tertiary/aromatic N) is 4. The maximum atomic E-state index is 12.4. The van der Waals surface area contributed by atoms with Crippen LogP contribution in [0.3, 0.4) is 0 Å². The fourth-order valence-electron chi connectivity index (χ4n) is 3.80. The van der Waals surface area contributed by atoms with E-state index < -0.39 is 10.0 Å². The van der Waals surface area contributed by atoms with Crippen LogP contribution >= 0.6 is 0 Å². The summed E-state index contributed by atoms with van der Waals surface area (Å²) >= 11 is 0. The second-order valence-electron chi connectivity index (χ2n) is 7.59. The van der Waals surface area contributed by atoms with Crippen molar-refractivity contribution in [2.24, 2.45) is 5.92 Å². The van der Waals surface area contributed by atoms with Gasteiger partial charge in [0.25, 0.3) is 0 Å². The number of benzene rings is 1. The molecule has 0 unspecified atom stereocenters. The highest BCUT2D eigenvalue weighted by Gasteiger charge is 2.23. The van der Waals surface area contributed by atoms with Crippen molar-refractivity contribution in [3.8, 4) is 0 Å². The van der Waals surface area contributed by atoms with Gasteiger partial charge < -0.3 is 9.30 Å². The van der Waals surface area contributed by atoms with E-state index in [9.17, 15) is 8.42 Å². The molecule has 0 radical (unpaired) electrons. The average molecular weight is 409 g/mol. The van der Waals surface area contributed by atoms with Crippen LogP contribution in [0.15, 0.2) is 23.1 Å². The Bertz CT molecular complexity index is 900. The van der Waals surface area contributed by atoms with Crippen molar-refractivity contribution in [2.45, 2.75) is 44.7 Å². The zero-order chi connectivity index (χ0) is 20.3. The van der Waals surface area contributed by atoms with Crippen LogP contribution in [0.2, 0.25) is 0 Å². The Morgan fingerprint density at radius 3 is 2.54 bits per heavy atom. The van der Waals surface area contributed by atoms with Gasteiger partial charge >= 0.3 is 0 Å². The first-order chi connectivity index (χ1) is 13.4. The summed E-state index contributed by atoms with van der Waals surface area (Å²) in [6, 6.07) is 5.24. The Labute approximate surface area is 168 Å². The van der Waals surface area contributed by atoms with Crippen LogP contribution in [0, 0.1) is 5.92 Å². The first kappa shape index (κ1) is 21.2. The molecule has 1 aliphatic rings. The molecule has 1 fully saturated rings. The number of aryl methyl sites for hydroxylation is 1. The zero-order valence-electron chi connectivity index (χ0n) is 17.4. The fourth-order valence-corrected chi connectivity index (χ4v) is 4.72. The van der Waals surface area contributed by atoms with Crippen LogP contribution in [-0.4, -0.2) is 67.6 Å². The maximum Gasteiger partial charge on any atom is 0.242 e. The lowest BCUT2D eigenvalue weighted by Crippen LogP contribution is -2.35. The standard InChI is InChI=1S/C20H32N4O3S/c1-5-24-19-8-7-17(28(25,26)22(3)4)13-18(19)21-20(24)14-23-11-9-16(10-12-23)15-27-6-2/h7-8,13,16H,5-6,9-12,14-15H2,1-4H3. The molecule has 8 heteroatoms. The Hall–Kier alpha value is -1.48. The molecule has 28 heavy (non-hydrogen) atoms. The molecule has 1 saturated heterocycles. The molecule has 0 atom stereocenters. The molecule has 0 saturated carbocycles. The molecule has 0 N–H and O–H groups in total. The van der Waals surface area contributed by atoms with Crippen LogP contribution in [-0.2, 0) is 27.8 Å². The number of sulfonamides is 1. The van der Waals surface area contributed by atoms with Gasteiger partial charge in [0.1, 0.15) is 5.82 Å². The summed E-state index contributed by atoms with van der Waals surface area (Å²) in [6.45, 7) is 9.48. The van der Waals surface area contributed by atoms with Gasteiger partial charge in [0.15, 0.2) is 0 Å². The molecule has 1 aromatic carbocycles. The Morgan fingerprint density at radius 2 is 1.93 bits per heavy atom. The van der Waals surface area contributed by atoms with Crippen LogP contribution in [0.4, 0.5) is 0 Å². The van der Waals surface area contributed by atoms with Gasteiger partial charge in [0, 0.05) is 33.9 Å². The first-order valence-electron chi connectivity index (χ1n) is 10.1. The molecule has 7 nitrogen and oxygen atoms in total. The maximum absolute atomic E-state index is 12.4. The third kappa shape index (κ3) is 4.40. The third-order valence-electron chi connectivity index (χ3n) is 5.52. The largest absolute Gasteiger partial charge is 0.381 e. The van der Waals surface area contributed by atoms with Crippen LogP contribution in [0.1, 0.15) is 32.5 Å². The lowest BCUT2D eigenvalue weighted by molar-refractivity contribution is 0.0714. The van der Waals surface area contributed by atoms with E-state index in [1.807, 2.05) is 13.0 Å². The van der Waals surface area contributed by atoms with Crippen molar-refractivity contribution in [3.63, 3.8) is 0 Å². The minimum absolute atomic E-state index is 0.286. The molecule has 0 bridgehead atoms. The highest BCUT2D eigenvalue weighted by atomic mass is 32.2. The molecule has 0 amide bonds. The number of likely N-dealkylation sites (tertiary alicyclic amines) is 1. The number of ether oxygens (including phenoxy) is 1. The topological polar surface area (TPSA) is 67.7 Å². The SMILES string of the molecule is CCOCC1CCN(Cc2nc3cc(S(=O)(=O)N(C)C)ccc3n2CC)CC1. The molecule has 3 rings (SSSR count). The second-order valence-corrected chi connectivity index (χ2v) is 9.74. The van der Waals surface area contributed by atoms with Gasteiger partial charge in [-0.05, 0) is 63.9 Å². The molecule has 0 aliphatic carbocycles. The van der Waals surface area contributed by atoms with Gasteiger partial charge in [0.2, 0.25) is 10.0 Å². The highest BCUT2D eigenvalue weighted by molar-refractivity contribution is 7.89. The van der Waals surface area contributed by atoms with E-state index in [0.29, 0.717) is 5.92 Å². The third-order valence-corrected chi connectivity index (χ3v) is 7.33. The number of hydrogen-bond acceptors (Lipinski definition) is 5. The van der Waals surface area contributed by atoms with Crippen molar-refractivity contribution < 1.29 is 13.2 Å². The summed E-state index contributed by atoms with van der Waals surface area (Å²) in [5.41, 5.74) is 1.73. The summed E-state index contributed by atoms with van der Waals surface area (Å²) in [5.74, 6) is 1.65. The van der Waals surface area contributed by atoms with Crippen molar-refractivity contribution in [1.82, 2.24) is 18.8 Å². The second kappa shape index (κ2) is 8.90. The summed E-state index contributed by atoms with van der Waals surface area (Å²) in [7, 11) is -0.365. The molecular formula is C20H32N4O3S. The monoisotopic (exact) mass is 408 g/mol. The molecule has 1 aromatic heterocycles. The fraction of sp³-hybridized carbons (Fsp3) is 0.650. The number of fused-ring (bicyclic) bond motifs is 1. The predicted octanol–water partition coefficient (Wildman–Crippen LogP) is 2.56. The van der Waals surface area contributed by atoms with Gasteiger partial charge in [-0.1, -0.05) is 0 Å². The molecule has 2 aromatic rings. The molecule has 156 valence electrons. The van der Waals surface area contributed by atoms with E-state index in [1.165, 1.54) is 4.31 Å². The van der Waals surface area contributed by atoms with E-state index >= 15 is 0 Å². The van der Waals surface area contributed by atoms with Gasteiger partial charge in [-0.25, -0.2) is 17.7 Å². The smallest absolute Gasteiger partial charge is 0.242 e. The number of aromatic nitrogens is 2. The molecule has 1 aliphatic heterocycles. The van der Waals surface area contributed by atoms with Crippen molar-refractivity contribution >= 4 is 21.1 Å². The Balaban J connectivity index is 1.78. The lowest BCUT2D eigenvalue weighted by Gasteiger charge is -2.31. The summed E-state index contributed by atoms with van der Waals surface area (Å²) in [6.07, 6.45) is 2.30. The molecular weight excluding hydrogens is 376 g/mol. The zero-order valence-corrected chi connectivity index (χ0v) is 18.2. The van der Waals surface area contributed by atoms with Gasteiger partial charge in [-0.2, -0.15) is 0 Å².